The highest BCUT2D eigenvalue weighted by Gasteiger charge is 2.05. The highest BCUT2D eigenvalue weighted by molar-refractivity contribution is 5.70. The van der Waals surface area contributed by atoms with Crippen molar-refractivity contribution in [2.45, 2.75) is 20.8 Å². The van der Waals surface area contributed by atoms with E-state index in [0.717, 1.165) is 11.3 Å². The van der Waals surface area contributed by atoms with Gasteiger partial charge in [0.15, 0.2) is 0 Å². The van der Waals surface area contributed by atoms with Crippen molar-refractivity contribution in [2.24, 2.45) is 0 Å². The minimum absolute atomic E-state index is 0.628. The third kappa shape index (κ3) is 2.49. The van der Waals surface area contributed by atoms with E-state index in [-0.39, 0.29) is 0 Å². The van der Waals surface area contributed by atoms with E-state index in [1.807, 2.05) is 19.3 Å². The van der Waals surface area contributed by atoms with Crippen LogP contribution in [0.15, 0.2) is 17.8 Å². The second-order valence-corrected chi connectivity index (χ2v) is 3.66. The van der Waals surface area contributed by atoms with Gasteiger partial charge in [0.05, 0.1) is 12.8 Å². The van der Waals surface area contributed by atoms with Gasteiger partial charge in [0.25, 0.3) is 0 Å². The predicted octanol–water partition coefficient (Wildman–Crippen LogP) is 2.95. The Bertz CT molecular complexity index is 379. The zero-order valence-corrected chi connectivity index (χ0v) is 10.0. The molecule has 0 fully saturated rings. The summed E-state index contributed by atoms with van der Waals surface area (Å²) in [5.41, 5.74) is 4.58. The van der Waals surface area contributed by atoms with Crippen molar-refractivity contribution in [3.05, 3.63) is 23.4 Å². The minimum Gasteiger partial charge on any atom is -0.480 e. The normalized spacial score (nSPS) is 9.67. The van der Waals surface area contributed by atoms with Gasteiger partial charge in [-0.05, 0) is 38.0 Å². The molecule has 0 unspecified atom stereocenters. The Labute approximate surface area is 91.2 Å². The summed E-state index contributed by atoms with van der Waals surface area (Å²) < 4.78 is 5.14. The predicted molar refractivity (Wildman–Crippen MR) is 64.3 cm³/mol. The second kappa shape index (κ2) is 4.82. The molecule has 0 aliphatic rings. The van der Waals surface area contributed by atoms with E-state index in [2.05, 4.69) is 31.1 Å². The topological polar surface area (TPSA) is 34.2 Å². The molecule has 0 radical (unpaired) electrons. The summed E-state index contributed by atoms with van der Waals surface area (Å²) in [6.45, 7) is 6.29. The molecule has 0 saturated carbocycles. The number of rotatable bonds is 3. The number of allylic oxidation sites excluding steroid dienone is 2. The van der Waals surface area contributed by atoms with Crippen molar-refractivity contribution in [1.82, 2.24) is 4.98 Å². The number of anilines is 1. The molecule has 0 atom stereocenters. The van der Waals surface area contributed by atoms with Crippen LogP contribution >= 0.6 is 0 Å². The molecule has 1 aromatic heterocycles. The third-order valence-corrected chi connectivity index (χ3v) is 2.50. The third-order valence-electron chi connectivity index (χ3n) is 2.50. The van der Waals surface area contributed by atoms with Gasteiger partial charge in [-0.3, -0.25) is 0 Å². The van der Waals surface area contributed by atoms with Crippen LogP contribution in [-0.2, 0) is 0 Å². The number of nitrogens with zero attached hydrogens (tertiary/aromatic N) is 1. The average molecular weight is 206 g/mol. The van der Waals surface area contributed by atoms with Crippen LogP contribution in [0, 0.1) is 0 Å². The van der Waals surface area contributed by atoms with Gasteiger partial charge in [0.2, 0.25) is 5.88 Å². The summed E-state index contributed by atoms with van der Waals surface area (Å²) in [6, 6.07) is 2.05. The Kier molecular flexibility index (Phi) is 3.72. The lowest BCUT2D eigenvalue weighted by Crippen LogP contribution is -1.97. The summed E-state index contributed by atoms with van der Waals surface area (Å²) in [6.07, 6.45) is 1.84. The van der Waals surface area contributed by atoms with Gasteiger partial charge in [-0.25, -0.2) is 4.98 Å². The first-order valence-corrected chi connectivity index (χ1v) is 4.96. The lowest BCUT2D eigenvalue weighted by atomic mass is 10.1. The maximum atomic E-state index is 5.14. The second-order valence-electron chi connectivity index (χ2n) is 3.66. The molecule has 0 bridgehead atoms. The Balaban J connectivity index is 3.20. The lowest BCUT2D eigenvalue weighted by molar-refractivity contribution is 0.400. The summed E-state index contributed by atoms with van der Waals surface area (Å²) in [4.78, 5) is 4.25. The summed E-state index contributed by atoms with van der Waals surface area (Å²) in [5.74, 6) is 0.628. The molecule has 3 nitrogen and oxygen atoms in total. The van der Waals surface area contributed by atoms with Gasteiger partial charge in [-0.15, -0.1) is 0 Å². The SMILES string of the molecule is CNc1cc(C(C)=C(C)C)cnc1OC. The maximum absolute atomic E-state index is 5.14. The molecule has 1 N–H and O–H groups in total. The molecular formula is C12H18N2O. The first-order valence-electron chi connectivity index (χ1n) is 4.96. The van der Waals surface area contributed by atoms with Gasteiger partial charge in [0.1, 0.15) is 0 Å². The molecule has 0 aliphatic carbocycles. The van der Waals surface area contributed by atoms with Gasteiger partial charge in [0, 0.05) is 13.2 Å². The fourth-order valence-corrected chi connectivity index (χ4v) is 1.29. The van der Waals surface area contributed by atoms with E-state index in [4.69, 9.17) is 4.74 Å². The van der Waals surface area contributed by atoms with Crippen LogP contribution in [0.25, 0.3) is 5.57 Å². The molecule has 1 aromatic rings. The standard InChI is InChI=1S/C12H18N2O/c1-8(2)9(3)10-6-11(13-4)12(15-5)14-7-10/h6-7,13H,1-5H3. The van der Waals surface area contributed by atoms with Crippen LogP contribution in [0.2, 0.25) is 0 Å². The monoisotopic (exact) mass is 206 g/mol. The highest BCUT2D eigenvalue weighted by Crippen LogP contribution is 2.26. The zero-order valence-electron chi connectivity index (χ0n) is 10.0. The minimum atomic E-state index is 0.628. The van der Waals surface area contributed by atoms with Crippen LogP contribution in [-0.4, -0.2) is 19.1 Å². The van der Waals surface area contributed by atoms with Crippen molar-refractivity contribution in [3.8, 4) is 5.88 Å². The zero-order chi connectivity index (χ0) is 11.4. The van der Waals surface area contributed by atoms with Gasteiger partial charge < -0.3 is 10.1 Å². The molecule has 0 aromatic carbocycles. The largest absolute Gasteiger partial charge is 0.480 e. The van der Waals surface area contributed by atoms with E-state index in [9.17, 15) is 0 Å². The van der Waals surface area contributed by atoms with Gasteiger partial charge >= 0.3 is 0 Å². The molecule has 82 valence electrons. The number of aromatic nitrogens is 1. The molecular weight excluding hydrogens is 188 g/mol. The van der Waals surface area contributed by atoms with Gasteiger partial charge in [-0.2, -0.15) is 0 Å². The molecule has 15 heavy (non-hydrogen) atoms. The Hall–Kier alpha value is -1.51. The smallest absolute Gasteiger partial charge is 0.237 e. The maximum Gasteiger partial charge on any atom is 0.237 e. The van der Waals surface area contributed by atoms with E-state index in [0.29, 0.717) is 5.88 Å². The number of methoxy groups -OCH3 is 1. The quantitative estimate of drug-likeness (QED) is 0.825. The number of nitrogens with one attached hydrogen (secondary N) is 1. The summed E-state index contributed by atoms with van der Waals surface area (Å²) in [7, 11) is 3.48. The van der Waals surface area contributed by atoms with Crippen LogP contribution in [0.5, 0.6) is 5.88 Å². The van der Waals surface area contributed by atoms with Gasteiger partial charge in [-0.1, -0.05) is 5.57 Å². The molecule has 0 aliphatic heterocycles. The van der Waals surface area contributed by atoms with Crippen molar-refractivity contribution in [1.29, 1.82) is 0 Å². The fraction of sp³-hybridized carbons (Fsp3) is 0.417. The van der Waals surface area contributed by atoms with Crippen molar-refractivity contribution >= 4 is 11.3 Å². The van der Waals surface area contributed by atoms with E-state index in [1.54, 1.807) is 7.11 Å². The molecule has 0 saturated heterocycles. The lowest BCUT2D eigenvalue weighted by Gasteiger charge is -2.10. The van der Waals surface area contributed by atoms with Crippen LogP contribution in [0.1, 0.15) is 26.3 Å². The van der Waals surface area contributed by atoms with Crippen molar-refractivity contribution in [2.75, 3.05) is 19.5 Å². The first kappa shape index (κ1) is 11.6. The average Bonchev–Trinajstić information content (AvgIpc) is 2.26. The molecule has 3 heteroatoms. The van der Waals surface area contributed by atoms with E-state index < -0.39 is 0 Å². The molecule has 1 rings (SSSR count). The van der Waals surface area contributed by atoms with E-state index >= 15 is 0 Å². The van der Waals surface area contributed by atoms with Crippen LogP contribution < -0.4 is 10.1 Å². The molecule has 1 heterocycles. The summed E-state index contributed by atoms with van der Waals surface area (Å²) in [5, 5.41) is 3.07. The summed E-state index contributed by atoms with van der Waals surface area (Å²) >= 11 is 0. The highest BCUT2D eigenvalue weighted by atomic mass is 16.5. The number of hydrogen-bond acceptors (Lipinski definition) is 3. The first-order chi connectivity index (χ1) is 7.10. The number of hydrogen-bond donors (Lipinski definition) is 1. The van der Waals surface area contributed by atoms with Crippen LogP contribution in [0.3, 0.4) is 0 Å². The molecule has 0 amide bonds. The molecule has 0 spiro atoms. The Morgan fingerprint density at radius 3 is 2.47 bits per heavy atom. The number of ether oxygens (including phenoxy) is 1. The number of pyridine rings is 1. The van der Waals surface area contributed by atoms with Crippen LogP contribution in [0.4, 0.5) is 5.69 Å². The fourth-order valence-electron chi connectivity index (χ4n) is 1.29. The van der Waals surface area contributed by atoms with E-state index in [1.165, 1.54) is 11.1 Å². The van der Waals surface area contributed by atoms with Crippen molar-refractivity contribution in [3.63, 3.8) is 0 Å². The Morgan fingerprint density at radius 1 is 1.33 bits per heavy atom. The van der Waals surface area contributed by atoms with Crippen molar-refractivity contribution < 1.29 is 4.74 Å². The Morgan fingerprint density at radius 2 is 2.00 bits per heavy atom.